The normalized spacial score (nSPS) is 16.2. The Morgan fingerprint density at radius 2 is 1.91 bits per heavy atom. The Morgan fingerprint density at radius 3 is 2.56 bits per heavy atom. The molecule has 0 spiro atoms. The highest BCUT2D eigenvalue weighted by Gasteiger charge is 2.37. The van der Waals surface area contributed by atoms with Gasteiger partial charge in [-0.3, -0.25) is 14.6 Å². The smallest absolute Gasteiger partial charge is 0.249 e. The van der Waals surface area contributed by atoms with E-state index in [9.17, 15) is 9.69 Å². The molecule has 1 aromatic heterocycles. The summed E-state index contributed by atoms with van der Waals surface area (Å²) in [5.41, 5.74) is 17.0. The van der Waals surface area contributed by atoms with E-state index in [0.717, 1.165) is 71.7 Å². The molecule has 0 saturated carbocycles. The van der Waals surface area contributed by atoms with Crippen LogP contribution in [0.4, 0.5) is 5.69 Å². The Labute approximate surface area is 194 Å². The van der Waals surface area contributed by atoms with Crippen molar-refractivity contribution in [2.75, 3.05) is 43.9 Å². The number of hydrogen-bond acceptors (Lipinski definition) is 5. The van der Waals surface area contributed by atoms with Gasteiger partial charge in [-0.2, -0.15) is 0 Å². The van der Waals surface area contributed by atoms with Crippen LogP contribution in [0.5, 0.6) is 0 Å². The van der Waals surface area contributed by atoms with Gasteiger partial charge in [0.25, 0.3) is 0 Å². The molecule has 1 fully saturated rings. The number of anilines is 1. The lowest BCUT2D eigenvalue weighted by molar-refractivity contribution is 0.100. The number of amides is 1. The molecule has 2 heterocycles. The number of rotatable bonds is 7. The second-order valence-electron chi connectivity index (χ2n) is 8.47. The molecule has 3 aromatic rings. The highest BCUT2D eigenvalue weighted by Crippen LogP contribution is 2.55. The second-order valence-corrected chi connectivity index (χ2v) is 13.1. The predicted molar refractivity (Wildman–Crippen MR) is 138 cm³/mol. The highest BCUT2D eigenvalue weighted by atomic mass is 32.1. The summed E-state index contributed by atoms with van der Waals surface area (Å²) >= 11 is 1.67. The van der Waals surface area contributed by atoms with Gasteiger partial charge in [-0.15, -0.1) is 11.3 Å². The molecular formula is C25H31N3O2PS+. The van der Waals surface area contributed by atoms with E-state index >= 15 is 0 Å². The minimum absolute atomic E-state index is 0.452. The maximum Gasteiger partial charge on any atom is 0.249 e. The quantitative estimate of drug-likeness (QED) is 0.350. The van der Waals surface area contributed by atoms with Crippen LogP contribution in [0.1, 0.15) is 22.8 Å². The fourth-order valence-electron chi connectivity index (χ4n) is 4.28. The van der Waals surface area contributed by atoms with Gasteiger partial charge >= 0.3 is 0 Å². The Balaban J connectivity index is 1.58. The first kappa shape index (κ1) is 22.9. The Kier molecular flexibility index (Phi) is 6.96. The van der Waals surface area contributed by atoms with E-state index in [4.69, 9.17) is 11.5 Å². The number of nitrogens with two attached hydrogens (primary N) is 2. The van der Waals surface area contributed by atoms with Gasteiger partial charge in [0.1, 0.15) is 7.49 Å². The Bertz CT molecular complexity index is 1090. The topological polar surface area (TPSA) is 92.6 Å². The molecule has 5 N–H and O–H groups in total. The van der Waals surface area contributed by atoms with Crippen LogP contribution >= 0.6 is 18.8 Å². The van der Waals surface area contributed by atoms with Gasteiger partial charge in [-0.05, 0) is 59.7 Å². The van der Waals surface area contributed by atoms with E-state index in [-0.39, 0.29) is 0 Å². The van der Waals surface area contributed by atoms with Gasteiger partial charge in [0.15, 0.2) is 0 Å². The van der Waals surface area contributed by atoms with Crippen LogP contribution in [0, 0.1) is 0 Å². The van der Waals surface area contributed by atoms with Crippen molar-refractivity contribution in [1.82, 2.24) is 4.90 Å². The molecule has 5 nitrogen and oxygen atoms in total. The van der Waals surface area contributed by atoms with Crippen LogP contribution in [-0.4, -0.2) is 53.8 Å². The van der Waals surface area contributed by atoms with Crippen molar-refractivity contribution in [3.63, 3.8) is 0 Å². The summed E-state index contributed by atoms with van der Waals surface area (Å²) < 4.78 is 0. The average Bonchev–Trinajstić information content (AvgIpc) is 3.34. The molecule has 0 radical (unpaired) electrons. The molecule has 2 aromatic carbocycles. The molecular weight excluding hydrogens is 437 g/mol. The number of primary amides is 1. The molecule has 4 rings (SSSR count). The van der Waals surface area contributed by atoms with Crippen LogP contribution in [0.25, 0.3) is 21.6 Å². The highest BCUT2D eigenvalue weighted by molar-refractivity contribution is 7.70. The van der Waals surface area contributed by atoms with Crippen LogP contribution in [-0.2, 0) is 6.42 Å². The third-order valence-corrected chi connectivity index (χ3v) is 10.6. The first-order valence-corrected chi connectivity index (χ1v) is 14.2. The first-order chi connectivity index (χ1) is 15.4. The molecule has 0 atom stereocenters. The molecule has 168 valence electrons. The average molecular weight is 469 g/mol. The van der Waals surface area contributed by atoms with Crippen molar-refractivity contribution >= 4 is 30.4 Å². The summed E-state index contributed by atoms with van der Waals surface area (Å²) in [5.74, 6) is -0.452. The lowest BCUT2D eigenvalue weighted by Gasteiger charge is -2.31. The number of thiophene rings is 1. The molecule has 1 aliphatic heterocycles. The number of nitrogens with zero attached hydrogens (tertiary/aromatic N) is 1. The minimum Gasteiger partial charge on any atom is -0.398 e. The van der Waals surface area contributed by atoms with E-state index in [2.05, 4.69) is 24.0 Å². The lowest BCUT2D eigenvalue weighted by atomic mass is 9.93. The van der Waals surface area contributed by atoms with Gasteiger partial charge in [0.05, 0.1) is 18.5 Å². The van der Waals surface area contributed by atoms with E-state index in [1.165, 1.54) is 0 Å². The van der Waals surface area contributed by atoms with Crippen molar-refractivity contribution in [2.24, 2.45) is 5.73 Å². The number of carbonyl (C=O) groups is 1. The standard InChI is InChI=1S/C25H30N3O2PS/c1-2-31(30)13-11-28(12-14-31)10-9-18-5-7-20(25(27)29)21(16-18)22-17-19(6-8-23(22)26)24-4-3-15-32-24/h3-8,15-17,30H,2,9-14H2,1H3,(H3-,26,27,29)/p+1. The fraction of sp³-hybridized carbons (Fsp3) is 0.320. The Hall–Kier alpha value is -2.24. The second kappa shape index (κ2) is 9.72. The fourth-order valence-corrected chi connectivity index (χ4v) is 7.17. The number of hydrogen-bond donors (Lipinski definition) is 3. The van der Waals surface area contributed by atoms with Crippen LogP contribution in [0.3, 0.4) is 0 Å². The lowest BCUT2D eigenvalue weighted by Crippen LogP contribution is -2.38. The van der Waals surface area contributed by atoms with Gasteiger partial charge in [-0.1, -0.05) is 24.3 Å². The zero-order valence-corrected chi connectivity index (χ0v) is 20.2. The van der Waals surface area contributed by atoms with Crippen molar-refractivity contribution in [3.8, 4) is 21.6 Å². The molecule has 1 aliphatic rings. The van der Waals surface area contributed by atoms with Crippen LogP contribution < -0.4 is 11.5 Å². The SMILES string of the molecule is CC[P+]1(O)CCN(CCc2ccc(C(N)=O)c(-c3cc(-c4cccs4)ccc3N)c2)CC1. The largest absolute Gasteiger partial charge is 0.398 e. The van der Waals surface area contributed by atoms with E-state index < -0.39 is 13.4 Å². The molecule has 7 heteroatoms. The zero-order chi connectivity index (χ0) is 22.7. The van der Waals surface area contributed by atoms with Crippen molar-refractivity contribution in [3.05, 3.63) is 65.0 Å². The van der Waals surface area contributed by atoms with Gasteiger partial charge in [0, 0.05) is 41.3 Å². The first-order valence-electron chi connectivity index (χ1n) is 11.1. The van der Waals surface area contributed by atoms with Crippen LogP contribution in [0.15, 0.2) is 53.9 Å². The van der Waals surface area contributed by atoms with E-state index in [1.54, 1.807) is 11.3 Å². The van der Waals surface area contributed by atoms with Gasteiger partial charge in [0.2, 0.25) is 5.91 Å². The van der Waals surface area contributed by atoms with Gasteiger partial charge in [-0.25, -0.2) is 0 Å². The van der Waals surface area contributed by atoms with Crippen molar-refractivity contribution < 1.29 is 9.69 Å². The monoisotopic (exact) mass is 468 g/mol. The third-order valence-electron chi connectivity index (χ3n) is 6.47. The molecule has 1 saturated heterocycles. The maximum atomic E-state index is 12.2. The molecule has 0 aliphatic carbocycles. The molecule has 0 bridgehead atoms. The number of benzene rings is 2. The summed E-state index contributed by atoms with van der Waals surface area (Å²) in [6.07, 6.45) is 3.66. The molecule has 1 amide bonds. The van der Waals surface area contributed by atoms with E-state index in [1.807, 2.05) is 41.8 Å². The summed E-state index contributed by atoms with van der Waals surface area (Å²) in [4.78, 5) is 26.3. The van der Waals surface area contributed by atoms with Crippen molar-refractivity contribution in [2.45, 2.75) is 13.3 Å². The number of carbonyl (C=O) groups excluding carboxylic acids is 1. The Morgan fingerprint density at radius 1 is 1.12 bits per heavy atom. The summed E-state index contributed by atoms with van der Waals surface area (Å²) in [5, 5.41) is 2.05. The summed E-state index contributed by atoms with van der Waals surface area (Å²) in [7, 11) is -1.68. The zero-order valence-electron chi connectivity index (χ0n) is 18.5. The summed E-state index contributed by atoms with van der Waals surface area (Å²) in [6.45, 7) is 4.95. The maximum absolute atomic E-state index is 12.2. The van der Waals surface area contributed by atoms with Gasteiger partial charge < -0.3 is 11.5 Å². The third kappa shape index (κ3) is 5.05. The molecule has 0 unspecified atom stereocenters. The predicted octanol–water partition coefficient (Wildman–Crippen LogP) is 4.57. The minimum atomic E-state index is -1.68. The summed E-state index contributed by atoms with van der Waals surface area (Å²) in [6, 6.07) is 15.9. The van der Waals surface area contributed by atoms with Crippen molar-refractivity contribution in [1.29, 1.82) is 0 Å². The van der Waals surface area contributed by atoms with Crippen LogP contribution in [0.2, 0.25) is 0 Å². The molecule has 32 heavy (non-hydrogen) atoms. The number of nitrogen functional groups attached to an aromatic ring is 1. The van der Waals surface area contributed by atoms with E-state index in [0.29, 0.717) is 11.3 Å².